The van der Waals surface area contributed by atoms with E-state index in [1.54, 1.807) is 0 Å². The van der Waals surface area contributed by atoms with Gasteiger partial charge in [-0.05, 0) is 22.6 Å². The van der Waals surface area contributed by atoms with Crippen molar-refractivity contribution in [3.05, 3.63) is 31.1 Å². The minimum atomic E-state index is -3.10. The largest absolute Gasteiger partial charge is 0.478 e. The molecule has 0 saturated carbocycles. The number of carbonyl (C=O) groups is 1. The summed E-state index contributed by atoms with van der Waals surface area (Å²) < 4.78 is 24.4. The Balaban J connectivity index is 3.54. The summed E-state index contributed by atoms with van der Waals surface area (Å²) in [4.78, 5) is 23.4. The maximum Gasteiger partial charge on any atom is 0.339 e. The molecule has 0 atom stereocenters. The van der Waals surface area contributed by atoms with Crippen molar-refractivity contribution < 1.29 is 23.6 Å². The average Bonchev–Trinajstić information content (AvgIpc) is 2.15. The van der Waals surface area contributed by atoms with Crippen LogP contribution in [0.2, 0.25) is 0 Å². The van der Waals surface area contributed by atoms with Crippen LogP contribution in [0.5, 0.6) is 0 Å². The molecule has 0 amide bonds. The zero-order chi connectivity index (χ0) is 12.5. The summed E-state index contributed by atoms with van der Waals surface area (Å²) in [5, 5.41) is 19.2. The lowest BCUT2D eigenvalue weighted by Crippen LogP contribution is -2.10. The first-order chi connectivity index (χ1) is 7.36. The molecule has 0 bridgehead atoms. The van der Waals surface area contributed by atoms with Crippen LogP contribution < -0.4 is 0 Å². The second-order valence-electron chi connectivity index (χ2n) is 2.58. The Morgan fingerprint density at radius 3 is 2.56 bits per heavy atom. The summed E-state index contributed by atoms with van der Waals surface area (Å²) >= 11 is 1.33. The van der Waals surface area contributed by atoms with E-state index in [9.17, 15) is 23.7 Å². The molecule has 1 aromatic heterocycles. The topological polar surface area (TPSA) is 93.3 Å². The standard InChI is InChI=1S/C7H3F2IN2O4/c8-6(9)5-3(7(13)14)4(10)2(1-11-5)12(15)16/h1,6H,(H,13,14). The zero-order valence-corrected chi connectivity index (χ0v) is 9.51. The van der Waals surface area contributed by atoms with Crippen LogP contribution in [0.4, 0.5) is 14.5 Å². The van der Waals surface area contributed by atoms with Gasteiger partial charge in [-0.25, -0.2) is 18.6 Å². The number of carboxylic acid groups (broad SMARTS) is 1. The Bertz CT molecular complexity index is 466. The number of rotatable bonds is 3. The number of nitro groups is 1. The first kappa shape index (κ1) is 12.7. The number of nitrogens with zero attached hydrogens (tertiary/aromatic N) is 2. The Morgan fingerprint density at radius 2 is 2.19 bits per heavy atom. The summed E-state index contributed by atoms with van der Waals surface area (Å²) in [7, 11) is 0. The predicted octanol–water partition coefficient (Wildman–Crippen LogP) is 2.23. The van der Waals surface area contributed by atoms with Gasteiger partial charge in [-0.1, -0.05) is 0 Å². The second kappa shape index (κ2) is 4.63. The van der Waals surface area contributed by atoms with Crippen LogP contribution in [0.1, 0.15) is 22.5 Å². The fourth-order valence-electron chi connectivity index (χ4n) is 0.989. The van der Waals surface area contributed by atoms with E-state index in [4.69, 9.17) is 5.11 Å². The van der Waals surface area contributed by atoms with Crippen molar-refractivity contribution in [3.63, 3.8) is 0 Å². The number of halogens is 3. The first-order valence-electron chi connectivity index (χ1n) is 3.70. The lowest BCUT2D eigenvalue weighted by atomic mass is 10.2. The van der Waals surface area contributed by atoms with E-state index in [0.717, 1.165) is 0 Å². The van der Waals surface area contributed by atoms with Crippen LogP contribution in [0.15, 0.2) is 6.20 Å². The van der Waals surface area contributed by atoms with Gasteiger partial charge in [-0.3, -0.25) is 10.1 Å². The number of hydrogen-bond donors (Lipinski definition) is 1. The Morgan fingerprint density at radius 1 is 1.62 bits per heavy atom. The highest BCUT2D eigenvalue weighted by Gasteiger charge is 2.28. The predicted molar refractivity (Wildman–Crippen MR) is 55.5 cm³/mol. The molecule has 0 aliphatic carbocycles. The van der Waals surface area contributed by atoms with E-state index in [2.05, 4.69) is 4.98 Å². The molecule has 6 nitrogen and oxygen atoms in total. The van der Waals surface area contributed by atoms with Gasteiger partial charge in [-0.2, -0.15) is 0 Å². The molecule has 0 spiro atoms. The third-order valence-corrected chi connectivity index (χ3v) is 2.74. The van der Waals surface area contributed by atoms with Crippen molar-refractivity contribution in [1.82, 2.24) is 4.98 Å². The number of pyridine rings is 1. The van der Waals surface area contributed by atoms with Crippen LogP contribution in [-0.2, 0) is 0 Å². The van der Waals surface area contributed by atoms with Crippen molar-refractivity contribution in [3.8, 4) is 0 Å². The van der Waals surface area contributed by atoms with E-state index in [1.807, 2.05) is 0 Å². The molecule has 0 aromatic carbocycles. The minimum absolute atomic E-state index is 0.361. The molecule has 0 radical (unpaired) electrons. The van der Waals surface area contributed by atoms with Crippen LogP contribution in [0, 0.1) is 13.7 Å². The molecule has 1 N–H and O–H groups in total. The van der Waals surface area contributed by atoms with Gasteiger partial charge in [0, 0.05) is 0 Å². The Hall–Kier alpha value is -1.39. The molecule has 0 unspecified atom stereocenters. The van der Waals surface area contributed by atoms with Crippen LogP contribution in [-0.4, -0.2) is 21.0 Å². The fourth-order valence-corrected chi connectivity index (χ4v) is 1.83. The van der Waals surface area contributed by atoms with Crippen LogP contribution in [0.25, 0.3) is 0 Å². The molecule has 0 aliphatic heterocycles. The molecule has 0 fully saturated rings. The van der Waals surface area contributed by atoms with Gasteiger partial charge in [0.1, 0.15) is 21.0 Å². The molecular weight excluding hydrogens is 341 g/mol. The summed E-state index contributed by atoms with van der Waals surface area (Å²) in [5.74, 6) is -1.67. The van der Waals surface area contributed by atoms with Gasteiger partial charge >= 0.3 is 11.7 Å². The van der Waals surface area contributed by atoms with Gasteiger partial charge in [-0.15, -0.1) is 0 Å². The average molecular weight is 344 g/mol. The SMILES string of the molecule is O=C(O)c1c(C(F)F)ncc([N+](=O)[O-])c1I. The molecule has 0 aliphatic rings. The molecular formula is C7H3F2IN2O4. The summed E-state index contributed by atoms with van der Waals surface area (Å²) in [6, 6.07) is 0. The van der Waals surface area contributed by atoms with Gasteiger partial charge < -0.3 is 5.11 Å². The third-order valence-electron chi connectivity index (χ3n) is 1.64. The quantitative estimate of drug-likeness (QED) is 0.516. The number of carboxylic acids is 1. The third kappa shape index (κ3) is 2.23. The lowest BCUT2D eigenvalue weighted by Gasteiger charge is -2.05. The Kier molecular flexibility index (Phi) is 3.67. The highest BCUT2D eigenvalue weighted by atomic mass is 127. The van der Waals surface area contributed by atoms with E-state index >= 15 is 0 Å². The number of aromatic carboxylic acids is 1. The van der Waals surface area contributed by atoms with Gasteiger partial charge in [0.05, 0.1) is 4.92 Å². The highest BCUT2D eigenvalue weighted by molar-refractivity contribution is 14.1. The second-order valence-corrected chi connectivity index (χ2v) is 3.66. The van der Waals surface area contributed by atoms with Crippen molar-refractivity contribution in [2.75, 3.05) is 0 Å². The number of aromatic nitrogens is 1. The van der Waals surface area contributed by atoms with Crippen molar-refractivity contribution in [2.45, 2.75) is 6.43 Å². The van der Waals surface area contributed by atoms with E-state index in [0.29, 0.717) is 6.20 Å². The van der Waals surface area contributed by atoms with E-state index in [-0.39, 0.29) is 3.57 Å². The van der Waals surface area contributed by atoms with Crippen LogP contribution in [0.3, 0.4) is 0 Å². The monoisotopic (exact) mass is 344 g/mol. The maximum atomic E-state index is 12.4. The highest BCUT2D eigenvalue weighted by Crippen LogP contribution is 2.30. The fraction of sp³-hybridized carbons (Fsp3) is 0.143. The first-order valence-corrected chi connectivity index (χ1v) is 4.78. The van der Waals surface area contributed by atoms with E-state index < -0.39 is 34.3 Å². The summed E-state index contributed by atoms with van der Waals surface area (Å²) in [5.41, 5.74) is -2.41. The van der Waals surface area contributed by atoms with Crippen molar-refractivity contribution in [2.24, 2.45) is 0 Å². The maximum absolute atomic E-state index is 12.4. The van der Waals surface area contributed by atoms with E-state index in [1.165, 1.54) is 22.6 Å². The number of hydrogen-bond acceptors (Lipinski definition) is 4. The number of alkyl halides is 2. The Labute approximate surface area is 101 Å². The van der Waals surface area contributed by atoms with Gasteiger partial charge in [0.25, 0.3) is 6.43 Å². The molecule has 86 valence electrons. The lowest BCUT2D eigenvalue weighted by molar-refractivity contribution is -0.386. The molecule has 1 aromatic rings. The summed E-state index contributed by atoms with van der Waals surface area (Å²) in [6.07, 6.45) is -2.48. The molecule has 0 saturated heterocycles. The van der Waals surface area contributed by atoms with Crippen molar-refractivity contribution >= 4 is 34.2 Å². The molecule has 1 heterocycles. The van der Waals surface area contributed by atoms with Gasteiger partial charge in [0.15, 0.2) is 0 Å². The molecule has 1 rings (SSSR count). The minimum Gasteiger partial charge on any atom is -0.478 e. The molecule has 9 heteroatoms. The summed E-state index contributed by atoms with van der Waals surface area (Å²) in [6.45, 7) is 0. The van der Waals surface area contributed by atoms with Gasteiger partial charge in [0.2, 0.25) is 0 Å². The smallest absolute Gasteiger partial charge is 0.339 e. The normalized spacial score (nSPS) is 10.5. The van der Waals surface area contributed by atoms with Crippen molar-refractivity contribution in [1.29, 1.82) is 0 Å². The molecule has 16 heavy (non-hydrogen) atoms. The zero-order valence-electron chi connectivity index (χ0n) is 7.35. The van der Waals surface area contributed by atoms with Crippen LogP contribution >= 0.6 is 22.6 Å².